The number of benzene rings is 2. The van der Waals surface area contributed by atoms with Crippen LogP contribution in [0.1, 0.15) is 28.3 Å². The number of methoxy groups -OCH3 is 1. The first kappa shape index (κ1) is 21.2. The molecule has 0 radical (unpaired) electrons. The van der Waals surface area contributed by atoms with Crippen molar-refractivity contribution in [3.05, 3.63) is 94.6 Å². The van der Waals surface area contributed by atoms with Crippen molar-refractivity contribution in [3.63, 3.8) is 0 Å². The number of halogens is 1. The van der Waals surface area contributed by atoms with E-state index in [2.05, 4.69) is 4.98 Å². The summed E-state index contributed by atoms with van der Waals surface area (Å²) in [6, 6.07) is 11.3. The Labute approximate surface area is 184 Å². The average Bonchev–Trinajstić information content (AvgIpc) is 3.04. The van der Waals surface area contributed by atoms with Crippen LogP contribution in [0.15, 0.2) is 66.5 Å². The topological polar surface area (TPSA) is 79.7 Å². The maximum Gasteiger partial charge on any atom is 0.300 e. The number of ketones is 1. The maximum absolute atomic E-state index is 13.5. The Morgan fingerprint density at radius 2 is 1.72 bits per heavy atom. The van der Waals surface area contributed by atoms with Gasteiger partial charge in [0, 0.05) is 18.1 Å². The summed E-state index contributed by atoms with van der Waals surface area (Å²) < 4.78 is 19.0. The van der Waals surface area contributed by atoms with E-state index in [1.807, 2.05) is 19.9 Å². The Morgan fingerprint density at radius 3 is 2.34 bits per heavy atom. The van der Waals surface area contributed by atoms with Crippen molar-refractivity contribution in [1.29, 1.82) is 0 Å². The number of carbonyl (C=O) groups is 2. The highest BCUT2D eigenvalue weighted by Crippen LogP contribution is 2.43. The van der Waals surface area contributed by atoms with Gasteiger partial charge in [0.05, 0.1) is 24.3 Å². The molecule has 0 aliphatic carbocycles. The second-order valence-electron chi connectivity index (χ2n) is 7.59. The van der Waals surface area contributed by atoms with Crippen LogP contribution >= 0.6 is 0 Å². The molecule has 1 aromatic heterocycles. The van der Waals surface area contributed by atoms with Crippen LogP contribution < -0.4 is 9.64 Å². The van der Waals surface area contributed by atoms with E-state index >= 15 is 0 Å². The molecule has 2 heterocycles. The first-order valence-corrected chi connectivity index (χ1v) is 9.95. The van der Waals surface area contributed by atoms with Gasteiger partial charge in [-0.15, -0.1) is 0 Å². The third-order valence-electron chi connectivity index (χ3n) is 5.45. The number of pyridine rings is 1. The molecule has 7 heteroatoms. The number of rotatable bonds is 4. The quantitative estimate of drug-likeness (QED) is 0.374. The first-order chi connectivity index (χ1) is 15.3. The van der Waals surface area contributed by atoms with Crippen molar-refractivity contribution in [1.82, 2.24) is 4.98 Å². The van der Waals surface area contributed by atoms with Crippen LogP contribution in [-0.2, 0) is 9.59 Å². The number of nitrogens with zero attached hydrogens (tertiary/aromatic N) is 2. The highest BCUT2D eigenvalue weighted by Gasteiger charge is 2.47. The van der Waals surface area contributed by atoms with Gasteiger partial charge in [0.15, 0.2) is 0 Å². The zero-order chi connectivity index (χ0) is 23.0. The van der Waals surface area contributed by atoms with Gasteiger partial charge in [0.2, 0.25) is 0 Å². The predicted octanol–water partition coefficient (Wildman–Crippen LogP) is 4.47. The summed E-state index contributed by atoms with van der Waals surface area (Å²) >= 11 is 0. The molecule has 162 valence electrons. The number of carbonyl (C=O) groups excluding carboxylic acids is 2. The fraction of sp³-hybridized carbons (Fsp3) is 0.160. The lowest BCUT2D eigenvalue weighted by Gasteiger charge is -2.25. The number of aryl methyl sites for hydroxylation is 2. The summed E-state index contributed by atoms with van der Waals surface area (Å²) in [4.78, 5) is 31.6. The zero-order valence-corrected chi connectivity index (χ0v) is 17.8. The van der Waals surface area contributed by atoms with E-state index in [0.717, 1.165) is 11.1 Å². The Kier molecular flexibility index (Phi) is 5.48. The second-order valence-corrected chi connectivity index (χ2v) is 7.59. The Bertz CT molecular complexity index is 1240. The van der Waals surface area contributed by atoms with E-state index in [-0.39, 0.29) is 11.3 Å². The average molecular weight is 432 g/mol. The minimum atomic E-state index is -0.922. The molecule has 1 saturated heterocycles. The second kappa shape index (κ2) is 8.26. The van der Waals surface area contributed by atoms with E-state index in [1.54, 1.807) is 18.2 Å². The number of anilines is 1. The van der Waals surface area contributed by atoms with Crippen molar-refractivity contribution >= 4 is 23.1 Å². The van der Waals surface area contributed by atoms with Crippen LogP contribution in [0, 0.1) is 19.7 Å². The molecule has 4 rings (SSSR count). The van der Waals surface area contributed by atoms with Crippen molar-refractivity contribution in [2.24, 2.45) is 0 Å². The molecule has 0 bridgehead atoms. The fourth-order valence-corrected chi connectivity index (χ4v) is 4.11. The van der Waals surface area contributed by atoms with Crippen molar-refractivity contribution in [2.75, 3.05) is 12.0 Å². The van der Waals surface area contributed by atoms with Gasteiger partial charge in [-0.05, 0) is 73.0 Å². The van der Waals surface area contributed by atoms with Crippen molar-refractivity contribution in [3.8, 4) is 5.75 Å². The third-order valence-corrected chi connectivity index (χ3v) is 5.45. The van der Waals surface area contributed by atoms with Crippen LogP contribution in [0.4, 0.5) is 10.1 Å². The molecule has 3 aromatic rings. The van der Waals surface area contributed by atoms with Gasteiger partial charge in [0.25, 0.3) is 11.7 Å². The molecule has 0 saturated carbocycles. The number of aliphatic hydroxyl groups is 1. The van der Waals surface area contributed by atoms with Gasteiger partial charge < -0.3 is 9.84 Å². The molecular weight excluding hydrogens is 411 g/mol. The number of aliphatic hydroxyl groups excluding tert-OH is 1. The lowest BCUT2D eigenvalue weighted by Crippen LogP contribution is -2.29. The number of amides is 1. The lowest BCUT2D eigenvalue weighted by molar-refractivity contribution is -0.132. The highest BCUT2D eigenvalue weighted by atomic mass is 19.1. The summed E-state index contributed by atoms with van der Waals surface area (Å²) in [5.41, 5.74) is 2.80. The van der Waals surface area contributed by atoms with Crippen LogP contribution in [-0.4, -0.2) is 28.9 Å². The number of hydrogen-bond donors (Lipinski definition) is 1. The molecule has 1 N–H and O–H groups in total. The van der Waals surface area contributed by atoms with Crippen LogP contribution in [0.2, 0.25) is 0 Å². The number of aromatic nitrogens is 1. The maximum atomic E-state index is 13.5. The van der Waals surface area contributed by atoms with Crippen LogP contribution in [0.3, 0.4) is 0 Å². The SMILES string of the molecule is COc1c(C)cc(C)cc1/C(O)=C1\C(=O)C(=O)N(c2ccc(F)cc2)C1c1ccncc1. The van der Waals surface area contributed by atoms with Gasteiger partial charge in [-0.2, -0.15) is 0 Å². The molecular formula is C25H21FN2O4. The summed E-state index contributed by atoms with van der Waals surface area (Å²) in [7, 11) is 1.48. The molecule has 1 atom stereocenters. The molecule has 1 amide bonds. The van der Waals surface area contributed by atoms with Gasteiger partial charge in [0.1, 0.15) is 17.3 Å². The Balaban J connectivity index is 1.99. The monoisotopic (exact) mass is 432 g/mol. The fourth-order valence-electron chi connectivity index (χ4n) is 4.11. The van der Waals surface area contributed by atoms with Gasteiger partial charge in [-0.3, -0.25) is 19.5 Å². The molecule has 0 spiro atoms. The highest BCUT2D eigenvalue weighted by molar-refractivity contribution is 6.51. The van der Waals surface area contributed by atoms with E-state index < -0.39 is 23.5 Å². The largest absolute Gasteiger partial charge is 0.507 e. The Hall–Kier alpha value is -4.00. The summed E-state index contributed by atoms with van der Waals surface area (Å²) in [5, 5.41) is 11.3. The first-order valence-electron chi connectivity index (χ1n) is 9.95. The van der Waals surface area contributed by atoms with Gasteiger partial charge >= 0.3 is 0 Å². The molecule has 1 unspecified atom stereocenters. The number of hydrogen-bond acceptors (Lipinski definition) is 5. The smallest absolute Gasteiger partial charge is 0.300 e. The summed E-state index contributed by atoms with van der Waals surface area (Å²) in [5.74, 6) is -2.04. The minimum absolute atomic E-state index is 0.0752. The lowest BCUT2D eigenvalue weighted by atomic mass is 9.94. The molecule has 1 aliphatic heterocycles. The van der Waals surface area contributed by atoms with Gasteiger partial charge in [-0.1, -0.05) is 6.07 Å². The normalized spacial score (nSPS) is 17.6. The summed E-state index contributed by atoms with van der Waals surface area (Å²) in [6.07, 6.45) is 3.08. The van der Waals surface area contributed by atoms with Crippen molar-refractivity contribution < 1.29 is 23.8 Å². The molecule has 1 fully saturated rings. The number of Topliss-reactive ketones (excluding diaryl/α,β-unsaturated/α-hetero) is 1. The van der Waals surface area contributed by atoms with E-state index in [0.29, 0.717) is 22.6 Å². The minimum Gasteiger partial charge on any atom is -0.507 e. The van der Waals surface area contributed by atoms with Crippen LogP contribution in [0.25, 0.3) is 5.76 Å². The van der Waals surface area contributed by atoms with Crippen molar-refractivity contribution in [2.45, 2.75) is 19.9 Å². The molecule has 32 heavy (non-hydrogen) atoms. The van der Waals surface area contributed by atoms with E-state index in [9.17, 15) is 19.1 Å². The predicted molar refractivity (Wildman–Crippen MR) is 118 cm³/mol. The molecule has 6 nitrogen and oxygen atoms in total. The standard InChI is InChI=1S/C25H21FN2O4/c1-14-12-15(2)24(32-3)19(13-14)22(29)20-21(16-8-10-27-11-9-16)28(25(31)23(20)30)18-6-4-17(26)5-7-18/h4-13,21,29H,1-3H3/b22-20+. The number of ether oxygens (including phenoxy) is 1. The van der Waals surface area contributed by atoms with E-state index in [1.165, 1.54) is 48.7 Å². The molecule has 2 aromatic carbocycles. The zero-order valence-electron chi connectivity index (χ0n) is 17.8. The Morgan fingerprint density at radius 1 is 1.06 bits per heavy atom. The van der Waals surface area contributed by atoms with Crippen LogP contribution in [0.5, 0.6) is 5.75 Å². The third kappa shape index (κ3) is 3.51. The molecule has 1 aliphatic rings. The summed E-state index contributed by atoms with van der Waals surface area (Å²) in [6.45, 7) is 3.70. The van der Waals surface area contributed by atoms with Gasteiger partial charge in [-0.25, -0.2) is 4.39 Å². The van der Waals surface area contributed by atoms with E-state index in [4.69, 9.17) is 4.74 Å².